The Bertz CT molecular complexity index is 899. The minimum Gasteiger partial charge on any atom is -0.258 e. The van der Waals surface area contributed by atoms with Crippen molar-refractivity contribution >= 4 is 11.5 Å². The molecule has 3 rings (SSSR count). The maximum absolute atomic E-state index is 10.8. The molecule has 0 N–H and O–H groups in total. The van der Waals surface area contributed by atoms with E-state index >= 15 is 0 Å². The van der Waals surface area contributed by atoms with Crippen LogP contribution in [0.3, 0.4) is 0 Å². The van der Waals surface area contributed by atoms with Crippen LogP contribution < -0.4 is 23.0 Å². The van der Waals surface area contributed by atoms with Gasteiger partial charge in [0, 0.05) is 23.8 Å². The first kappa shape index (κ1) is 19.7. The van der Waals surface area contributed by atoms with Gasteiger partial charge in [0.15, 0.2) is 0 Å². The number of nitro benzene ring substituents is 1. The van der Waals surface area contributed by atoms with E-state index in [1.165, 1.54) is 12.1 Å². The van der Waals surface area contributed by atoms with Crippen molar-refractivity contribution in [3.05, 3.63) is 59.0 Å². The van der Waals surface area contributed by atoms with Gasteiger partial charge in [0.2, 0.25) is 0 Å². The van der Waals surface area contributed by atoms with E-state index in [1.54, 1.807) is 18.3 Å². The number of halogens is 1. The summed E-state index contributed by atoms with van der Waals surface area (Å²) in [5.41, 5.74) is 2.01. The van der Waals surface area contributed by atoms with Crippen molar-refractivity contribution in [2.24, 2.45) is 0 Å². The molecule has 26 heavy (non-hydrogen) atoms. The van der Waals surface area contributed by atoms with E-state index in [4.69, 9.17) is 18.6 Å². The lowest BCUT2D eigenvalue weighted by Gasteiger charge is -2.17. The SMILES string of the molecule is CC(C)n1c(-c2ccc([N+](=O)[O-])cc2)c[n+]2cccnc12.[O-][Cl+3]([O-])([O-])[O-]. The molecule has 0 atom stereocenters. The van der Waals surface area contributed by atoms with Crippen molar-refractivity contribution in [3.63, 3.8) is 0 Å². The van der Waals surface area contributed by atoms with Crippen molar-refractivity contribution < 1.29 is 38.2 Å². The lowest BCUT2D eigenvalue weighted by Crippen LogP contribution is -2.68. The van der Waals surface area contributed by atoms with E-state index in [2.05, 4.69) is 23.4 Å². The molecule has 3 aromatic rings. The number of nitrogens with zero attached hydrogens (tertiary/aromatic N) is 4. The first-order valence-corrected chi connectivity index (χ1v) is 8.55. The molecule has 2 aromatic heterocycles. The van der Waals surface area contributed by atoms with Crippen molar-refractivity contribution in [1.82, 2.24) is 9.55 Å². The van der Waals surface area contributed by atoms with Gasteiger partial charge < -0.3 is 0 Å². The van der Waals surface area contributed by atoms with Gasteiger partial charge in [-0.1, -0.05) is 4.98 Å². The Kier molecular flexibility index (Phi) is 5.85. The molecule has 138 valence electrons. The summed E-state index contributed by atoms with van der Waals surface area (Å²) < 4.78 is 38.0. The van der Waals surface area contributed by atoms with Crippen LogP contribution in [0.4, 0.5) is 5.69 Å². The predicted octanol–water partition coefficient (Wildman–Crippen LogP) is -1.98. The average Bonchev–Trinajstić information content (AvgIpc) is 2.93. The Balaban J connectivity index is 0.000000431. The Morgan fingerprint density at radius 3 is 2.23 bits per heavy atom. The summed E-state index contributed by atoms with van der Waals surface area (Å²) in [6.45, 7) is 4.17. The summed E-state index contributed by atoms with van der Waals surface area (Å²) in [6.07, 6.45) is 5.69. The summed E-state index contributed by atoms with van der Waals surface area (Å²) in [7, 11) is -4.94. The number of rotatable bonds is 3. The number of imidazole rings is 1. The summed E-state index contributed by atoms with van der Waals surface area (Å²) in [4.78, 5) is 14.8. The monoisotopic (exact) mass is 382 g/mol. The highest BCUT2D eigenvalue weighted by molar-refractivity contribution is 5.62. The minimum absolute atomic E-state index is 0.0942. The molecule has 0 saturated carbocycles. The molecule has 0 unspecified atom stereocenters. The molecule has 0 aliphatic rings. The van der Waals surface area contributed by atoms with Crippen LogP contribution in [0.15, 0.2) is 48.9 Å². The summed E-state index contributed by atoms with van der Waals surface area (Å²) >= 11 is 0. The normalized spacial score (nSPS) is 11.3. The smallest absolute Gasteiger partial charge is 0.258 e. The van der Waals surface area contributed by atoms with E-state index in [-0.39, 0.29) is 11.7 Å². The number of aromatic nitrogens is 3. The molecule has 2 heterocycles. The maximum Gasteiger partial charge on any atom is 0.403 e. The van der Waals surface area contributed by atoms with Crippen LogP contribution in [0, 0.1) is 20.4 Å². The molecule has 0 bridgehead atoms. The highest BCUT2D eigenvalue weighted by atomic mass is 35.7. The molecular formula is C15H15ClN4O6. The average molecular weight is 383 g/mol. The number of hydrogen-bond acceptors (Lipinski definition) is 7. The quantitative estimate of drug-likeness (QED) is 0.288. The van der Waals surface area contributed by atoms with Gasteiger partial charge >= 0.3 is 5.78 Å². The molecule has 11 heteroatoms. The Labute approximate surface area is 150 Å². The van der Waals surface area contributed by atoms with Crippen LogP contribution in [-0.2, 0) is 0 Å². The standard InChI is InChI=1S/C15H15N4O2.ClHO4/c1-11(2)18-14(10-17-9-3-8-16-15(17)18)12-4-6-13(7-5-12)19(20)21;2-1(3,4)5/h3-11H,1-2H3;(H,2,3,4,5)/q+1;/p-1. The Morgan fingerprint density at radius 1 is 1.15 bits per heavy atom. The lowest BCUT2D eigenvalue weighted by molar-refractivity contribution is -2.00. The van der Waals surface area contributed by atoms with Crippen molar-refractivity contribution in [2.75, 3.05) is 0 Å². The van der Waals surface area contributed by atoms with Crippen LogP contribution in [-0.4, -0.2) is 14.5 Å². The fourth-order valence-electron chi connectivity index (χ4n) is 2.44. The Hall–Kier alpha value is -2.63. The molecule has 0 aliphatic carbocycles. The lowest BCUT2D eigenvalue weighted by atomic mass is 10.1. The molecular weight excluding hydrogens is 368 g/mol. The van der Waals surface area contributed by atoms with Gasteiger partial charge in [0.25, 0.3) is 5.69 Å². The van der Waals surface area contributed by atoms with Gasteiger partial charge in [-0.15, -0.1) is 10.2 Å². The van der Waals surface area contributed by atoms with Crippen LogP contribution >= 0.6 is 0 Å². The van der Waals surface area contributed by atoms with E-state index in [1.807, 2.05) is 22.9 Å². The van der Waals surface area contributed by atoms with E-state index in [9.17, 15) is 10.1 Å². The van der Waals surface area contributed by atoms with Gasteiger partial charge in [-0.05, 0) is 26.0 Å². The summed E-state index contributed by atoms with van der Waals surface area (Å²) in [5, 5.41) is 10.8. The van der Waals surface area contributed by atoms with Gasteiger partial charge in [-0.3, -0.25) is 10.1 Å². The van der Waals surface area contributed by atoms with Crippen molar-refractivity contribution in [3.8, 4) is 11.3 Å². The highest BCUT2D eigenvalue weighted by Gasteiger charge is 2.21. The Morgan fingerprint density at radius 2 is 1.73 bits per heavy atom. The molecule has 0 radical (unpaired) electrons. The van der Waals surface area contributed by atoms with Crippen LogP contribution in [0.25, 0.3) is 17.0 Å². The van der Waals surface area contributed by atoms with Gasteiger partial charge in [0.05, 0.1) is 17.2 Å². The fourth-order valence-corrected chi connectivity index (χ4v) is 2.44. The van der Waals surface area contributed by atoms with Crippen LogP contribution in [0.1, 0.15) is 19.9 Å². The first-order valence-electron chi connectivity index (χ1n) is 7.31. The third-order valence-electron chi connectivity index (χ3n) is 3.38. The largest absolute Gasteiger partial charge is 0.403 e. The molecule has 0 fully saturated rings. The number of nitro groups is 1. The number of fused-ring (bicyclic) bond motifs is 1. The third-order valence-corrected chi connectivity index (χ3v) is 3.38. The topological polar surface area (TPSA) is 157 Å². The predicted molar refractivity (Wildman–Crippen MR) is 77.9 cm³/mol. The summed E-state index contributed by atoms with van der Waals surface area (Å²) in [6, 6.07) is 8.69. The molecule has 0 saturated heterocycles. The molecule has 0 aliphatic heterocycles. The maximum atomic E-state index is 10.8. The number of benzene rings is 1. The molecule has 0 amide bonds. The number of non-ortho nitro benzene ring substituents is 1. The van der Waals surface area contributed by atoms with Crippen molar-refractivity contribution in [1.29, 1.82) is 0 Å². The zero-order chi connectivity index (χ0) is 19.5. The van der Waals surface area contributed by atoms with Gasteiger partial charge in [-0.25, -0.2) is 27.6 Å². The second kappa shape index (κ2) is 7.72. The fraction of sp³-hybridized carbons (Fsp3) is 0.200. The van der Waals surface area contributed by atoms with E-state index < -0.39 is 15.2 Å². The molecule has 1 aromatic carbocycles. The first-order chi connectivity index (χ1) is 12.1. The zero-order valence-corrected chi connectivity index (χ0v) is 14.6. The minimum atomic E-state index is -4.94. The summed E-state index contributed by atoms with van der Waals surface area (Å²) in [5.74, 6) is 0.848. The zero-order valence-electron chi connectivity index (χ0n) is 13.8. The van der Waals surface area contributed by atoms with Gasteiger partial charge in [-0.2, -0.15) is 0 Å². The highest BCUT2D eigenvalue weighted by Crippen LogP contribution is 2.25. The molecule has 0 spiro atoms. The molecule has 10 nitrogen and oxygen atoms in total. The second-order valence-electron chi connectivity index (χ2n) is 5.49. The van der Waals surface area contributed by atoms with Crippen LogP contribution in [0.2, 0.25) is 0 Å². The third kappa shape index (κ3) is 4.94. The van der Waals surface area contributed by atoms with Gasteiger partial charge in [0.1, 0.15) is 18.1 Å². The number of hydrogen-bond donors (Lipinski definition) is 0. The van der Waals surface area contributed by atoms with E-state index in [0.717, 1.165) is 17.0 Å². The van der Waals surface area contributed by atoms with E-state index in [0.29, 0.717) is 0 Å². The second-order valence-corrected chi connectivity index (χ2v) is 6.24. The van der Waals surface area contributed by atoms with Crippen LogP contribution in [0.5, 0.6) is 0 Å². The van der Waals surface area contributed by atoms with Crippen molar-refractivity contribution in [2.45, 2.75) is 19.9 Å².